The van der Waals surface area contributed by atoms with Crippen molar-refractivity contribution in [3.63, 3.8) is 0 Å². The van der Waals surface area contributed by atoms with E-state index in [9.17, 15) is 37.9 Å². The van der Waals surface area contributed by atoms with Gasteiger partial charge in [0.05, 0.1) is 6.61 Å². The Labute approximate surface area is 350 Å². The Balaban J connectivity index is 2.48. The maximum absolute atomic E-state index is 12.8. The van der Waals surface area contributed by atoms with Crippen LogP contribution in [-0.4, -0.2) is 96.0 Å². The fraction of sp³-hybridized carbons (Fsp3) is 0.778. The highest BCUT2D eigenvalue weighted by Gasteiger charge is 2.46. The van der Waals surface area contributed by atoms with Gasteiger partial charge in [0.25, 0.3) is 10.1 Å². The molecule has 1 fully saturated rings. The zero-order valence-electron chi connectivity index (χ0n) is 35.6. The molecule has 12 nitrogen and oxygen atoms in total. The second-order valence-corrected chi connectivity index (χ2v) is 16.9. The first kappa shape index (κ1) is 53.6. The van der Waals surface area contributed by atoms with Gasteiger partial charge in [0.2, 0.25) is 0 Å². The number of ether oxygens (including phenoxy) is 4. The number of rotatable bonds is 36. The van der Waals surface area contributed by atoms with Crippen LogP contribution in [0.3, 0.4) is 0 Å². The molecule has 58 heavy (non-hydrogen) atoms. The highest BCUT2D eigenvalue weighted by molar-refractivity contribution is 7.85. The Bertz CT molecular complexity index is 1260. The van der Waals surface area contributed by atoms with Crippen LogP contribution in [0.4, 0.5) is 0 Å². The molecule has 1 aliphatic heterocycles. The molecule has 1 aliphatic rings. The Morgan fingerprint density at radius 3 is 1.60 bits per heavy atom. The summed E-state index contributed by atoms with van der Waals surface area (Å²) in [5, 5.41) is 30.8. The number of hydrogen-bond donors (Lipinski definition) is 4. The predicted molar refractivity (Wildman–Crippen MR) is 229 cm³/mol. The summed E-state index contributed by atoms with van der Waals surface area (Å²) in [6.45, 7) is 3.65. The van der Waals surface area contributed by atoms with Crippen LogP contribution in [0.15, 0.2) is 48.6 Å². The molecule has 0 aromatic carbocycles. The van der Waals surface area contributed by atoms with Crippen molar-refractivity contribution in [3.05, 3.63) is 48.6 Å². The van der Waals surface area contributed by atoms with E-state index in [2.05, 4.69) is 62.5 Å². The first-order valence-electron chi connectivity index (χ1n) is 22.2. The van der Waals surface area contributed by atoms with Crippen LogP contribution in [0.1, 0.15) is 168 Å². The van der Waals surface area contributed by atoms with E-state index in [-0.39, 0.29) is 19.4 Å². The van der Waals surface area contributed by atoms with E-state index in [1.54, 1.807) is 0 Å². The Morgan fingerprint density at radius 2 is 1.07 bits per heavy atom. The molecule has 0 bridgehead atoms. The van der Waals surface area contributed by atoms with Crippen LogP contribution in [-0.2, 0) is 38.7 Å². The van der Waals surface area contributed by atoms with Gasteiger partial charge in [-0.15, -0.1) is 0 Å². The molecule has 0 aromatic heterocycles. The topological polar surface area (TPSA) is 186 Å². The first-order chi connectivity index (χ1) is 28.0. The summed E-state index contributed by atoms with van der Waals surface area (Å²) < 4.78 is 54.0. The highest BCUT2D eigenvalue weighted by Crippen LogP contribution is 2.24. The maximum atomic E-state index is 12.8. The Morgan fingerprint density at radius 1 is 0.586 bits per heavy atom. The van der Waals surface area contributed by atoms with Gasteiger partial charge in [-0.2, -0.15) is 8.42 Å². The van der Waals surface area contributed by atoms with Gasteiger partial charge in [0.15, 0.2) is 12.4 Å². The minimum atomic E-state index is -4.60. The molecule has 4 N–H and O–H groups in total. The fourth-order valence-electron chi connectivity index (χ4n) is 6.43. The molecule has 6 atom stereocenters. The van der Waals surface area contributed by atoms with Crippen molar-refractivity contribution >= 4 is 22.1 Å². The third-order valence-corrected chi connectivity index (χ3v) is 10.6. The second-order valence-electron chi connectivity index (χ2n) is 15.4. The number of aliphatic hydroxyl groups excluding tert-OH is 3. The minimum Gasteiger partial charge on any atom is -0.462 e. The lowest BCUT2D eigenvalue weighted by molar-refractivity contribution is -0.297. The zero-order chi connectivity index (χ0) is 42.7. The molecule has 0 saturated carbocycles. The van der Waals surface area contributed by atoms with Gasteiger partial charge in [-0.3, -0.25) is 14.1 Å². The standard InChI is InChI=1S/C45H78O12S/c1-3-5-7-9-11-13-15-17-18-19-20-22-23-25-27-29-31-33-40(46)54-35-38(36-55-45-44(50)43(49)42(48)39(57-45)37-58(51,52)53)56-41(47)34-32-30-28-26-24-21-16-14-12-10-8-6-4-2/h7,9,13,15,18-19,22-23,38-39,42-45,48-50H,3-6,8,10-12,14,16-17,20-21,24-37H2,1-2H3,(H,51,52,53)/b9-7+,15-13+,19-18+,23-22+/t38-,39-,42-,43?,44?,45+/m1/s1. The average Bonchev–Trinajstić information content (AvgIpc) is 3.18. The quantitative estimate of drug-likeness (QED) is 0.0204. The number of aliphatic hydroxyl groups is 3. The molecule has 1 heterocycles. The molecule has 0 spiro atoms. The molecule has 13 heteroatoms. The summed E-state index contributed by atoms with van der Waals surface area (Å²) in [7, 11) is -4.60. The summed E-state index contributed by atoms with van der Waals surface area (Å²) >= 11 is 0. The van der Waals surface area contributed by atoms with E-state index < -0.39 is 71.2 Å². The number of esters is 2. The van der Waals surface area contributed by atoms with Crippen LogP contribution in [0.2, 0.25) is 0 Å². The van der Waals surface area contributed by atoms with E-state index in [1.165, 1.54) is 64.2 Å². The number of allylic oxidation sites excluding steroid dienone is 8. The number of carbonyl (C=O) groups excluding carboxylic acids is 2. The van der Waals surface area contributed by atoms with Crippen molar-refractivity contribution in [2.45, 2.75) is 205 Å². The van der Waals surface area contributed by atoms with E-state index in [4.69, 9.17) is 18.9 Å². The molecule has 336 valence electrons. The largest absolute Gasteiger partial charge is 0.462 e. The van der Waals surface area contributed by atoms with Crippen molar-refractivity contribution in [3.8, 4) is 0 Å². The Kier molecular flexibility index (Phi) is 32.7. The summed E-state index contributed by atoms with van der Waals surface area (Å²) in [4.78, 5) is 25.4. The fourth-order valence-corrected chi connectivity index (χ4v) is 7.12. The third-order valence-electron chi connectivity index (χ3n) is 9.89. The average molecular weight is 843 g/mol. The summed E-state index contributed by atoms with van der Waals surface area (Å²) in [5.74, 6) is -2.02. The maximum Gasteiger partial charge on any atom is 0.306 e. The zero-order valence-corrected chi connectivity index (χ0v) is 36.5. The normalized spacial score (nSPS) is 20.8. The first-order valence-corrected chi connectivity index (χ1v) is 23.8. The van der Waals surface area contributed by atoms with Crippen molar-refractivity contribution in [2.24, 2.45) is 0 Å². The molecule has 2 unspecified atom stereocenters. The van der Waals surface area contributed by atoms with Crippen molar-refractivity contribution in [1.29, 1.82) is 0 Å². The molecule has 1 rings (SSSR count). The van der Waals surface area contributed by atoms with Crippen molar-refractivity contribution < 1.29 is 56.8 Å². The van der Waals surface area contributed by atoms with Gasteiger partial charge < -0.3 is 34.3 Å². The van der Waals surface area contributed by atoms with Gasteiger partial charge in [-0.05, 0) is 51.4 Å². The number of carbonyl (C=O) groups is 2. The molecule has 0 radical (unpaired) electrons. The van der Waals surface area contributed by atoms with E-state index in [0.29, 0.717) is 12.8 Å². The number of hydrogen-bond acceptors (Lipinski definition) is 11. The lowest BCUT2D eigenvalue weighted by Crippen LogP contribution is -2.60. The van der Waals surface area contributed by atoms with Gasteiger partial charge in [-0.25, -0.2) is 0 Å². The van der Waals surface area contributed by atoms with Gasteiger partial charge in [0, 0.05) is 12.8 Å². The summed E-state index contributed by atoms with van der Waals surface area (Å²) in [5.41, 5.74) is 0. The van der Waals surface area contributed by atoms with Crippen LogP contribution >= 0.6 is 0 Å². The molecule has 0 aliphatic carbocycles. The van der Waals surface area contributed by atoms with Crippen LogP contribution in [0.25, 0.3) is 0 Å². The van der Waals surface area contributed by atoms with Crippen LogP contribution in [0, 0.1) is 0 Å². The minimum absolute atomic E-state index is 0.158. The molecular formula is C45H78O12S. The SMILES string of the molecule is CCC/C=C/C/C=C/C/C=C/C/C=C/CCCCCC(=O)OC[C@H](CO[C@H]1O[C@H](CS(=O)(=O)O)[C@@H](O)C(O)C1O)OC(=O)CCCCCCCCCCCCCCC. The van der Waals surface area contributed by atoms with E-state index in [0.717, 1.165) is 64.2 Å². The van der Waals surface area contributed by atoms with Crippen LogP contribution < -0.4 is 0 Å². The smallest absolute Gasteiger partial charge is 0.306 e. The molecule has 0 amide bonds. The number of unbranched alkanes of at least 4 members (excludes halogenated alkanes) is 16. The summed E-state index contributed by atoms with van der Waals surface area (Å²) in [6.07, 6.45) is 31.5. The third kappa shape index (κ3) is 29.8. The van der Waals surface area contributed by atoms with Crippen LogP contribution in [0.5, 0.6) is 0 Å². The molecule has 1 saturated heterocycles. The Hall–Kier alpha value is -2.39. The monoisotopic (exact) mass is 843 g/mol. The van der Waals surface area contributed by atoms with Gasteiger partial charge >= 0.3 is 11.9 Å². The molecule has 0 aromatic rings. The van der Waals surface area contributed by atoms with Crippen molar-refractivity contribution in [1.82, 2.24) is 0 Å². The van der Waals surface area contributed by atoms with E-state index in [1.807, 2.05) is 0 Å². The molecular weight excluding hydrogens is 765 g/mol. The second kappa shape index (κ2) is 35.4. The predicted octanol–water partition coefficient (Wildman–Crippen LogP) is 8.78. The van der Waals surface area contributed by atoms with Crippen molar-refractivity contribution in [2.75, 3.05) is 19.0 Å². The summed E-state index contributed by atoms with van der Waals surface area (Å²) in [6, 6.07) is 0. The lowest BCUT2D eigenvalue weighted by atomic mass is 10.00. The van der Waals surface area contributed by atoms with Gasteiger partial charge in [-0.1, -0.05) is 152 Å². The lowest BCUT2D eigenvalue weighted by Gasteiger charge is -2.40. The van der Waals surface area contributed by atoms with Gasteiger partial charge in [0.1, 0.15) is 36.8 Å². The van der Waals surface area contributed by atoms with E-state index >= 15 is 0 Å². The highest BCUT2D eigenvalue weighted by atomic mass is 32.2.